The lowest BCUT2D eigenvalue weighted by molar-refractivity contribution is 0.392. The fraction of sp³-hybridized carbons (Fsp3) is 0.333. The second-order valence-electron chi connectivity index (χ2n) is 5.18. The van der Waals surface area contributed by atoms with Crippen molar-refractivity contribution in [2.45, 2.75) is 19.4 Å². The van der Waals surface area contributed by atoms with Crippen LogP contribution in [0.2, 0.25) is 0 Å². The topological polar surface area (TPSA) is 30.5 Å². The lowest BCUT2D eigenvalue weighted by Crippen LogP contribution is -2.19. The highest BCUT2D eigenvalue weighted by Gasteiger charge is 2.13. The van der Waals surface area contributed by atoms with E-state index in [1.54, 1.807) is 14.2 Å². The molecule has 2 aromatic rings. The molecular formula is C18H23NO2. The monoisotopic (exact) mass is 285 g/mol. The molecule has 0 aliphatic rings. The Bertz CT molecular complexity index is 556. The molecule has 3 nitrogen and oxygen atoms in total. The molecule has 1 unspecified atom stereocenters. The molecule has 0 saturated carbocycles. The van der Waals surface area contributed by atoms with Gasteiger partial charge in [0.2, 0.25) is 0 Å². The molecule has 1 N–H and O–H groups in total. The summed E-state index contributed by atoms with van der Waals surface area (Å²) in [5.41, 5.74) is 3.75. The number of rotatable bonds is 6. The van der Waals surface area contributed by atoms with Gasteiger partial charge in [-0.3, -0.25) is 0 Å². The fourth-order valence-electron chi connectivity index (χ4n) is 2.38. The van der Waals surface area contributed by atoms with Gasteiger partial charge < -0.3 is 14.8 Å². The molecule has 0 spiro atoms. The first kappa shape index (κ1) is 15.4. The molecule has 3 heteroatoms. The third-order valence-electron chi connectivity index (χ3n) is 3.69. The van der Waals surface area contributed by atoms with Gasteiger partial charge in [0.05, 0.1) is 14.2 Å². The number of benzene rings is 2. The molecule has 0 aromatic heterocycles. The highest BCUT2D eigenvalue weighted by molar-refractivity contribution is 5.40. The van der Waals surface area contributed by atoms with E-state index >= 15 is 0 Å². The molecule has 21 heavy (non-hydrogen) atoms. The Kier molecular flexibility index (Phi) is 5.23. The van der Waals surface area contributed by atoms with Crippen molar-refractivity contribution in [3.63, 3.8) is 0 Å². The zero-order valence-electron chi connectivity index (χ0n) is 13.1. The van der Waals surface area contributed by atoms with Gasteiger partial charge in [0.15, 0.2) is 0 Å². The van der Waals surface area contributed by atoms with Gasteiger partial charge in [-0.25, -0.2) is 0 Å². The number of methoxy groups -OCH3 is 2. The van der Waals surface area contributed by atoms with Crippen molar-refractivity contribution in [1.82, 2.24) is 5.32 Å². The summed E-state index contributed by atoms with van der Waals surface area (Å²) >= 11 is 0. The van der Waals surface area contributed by atoms with Crippen LogP contribution in [0.25, 0.3) is 0 Å². The normalized spacial score (nSPS) is 12.0. The van der Waals surface area contributed by atoms with Gasteiger partial charge in [0.25, 0.3) is 0 Å². The highest BCUT2D eigenvalue weighted by atomic mass is 16.5. The zero-order valence-corrected chi connectivity index (χ0v) is 13.1. The summed E-state index contributed by atoms with van der Waals surface area (Å²) in [5.74, 6) is 1.63. The molecule has 112 valence electrons. The first-order valence-electron chi connectivity index (χ1n) is 7.12. The van der Waals surface area contributed by atoms with E-state index in [1.807, 2.05) is 13.1 Å². The van der Waals surface area contributed by atoms with Crippen molar-refractivity contribution >= 4 is 0 Å². The Morgan fingerprint density at radius 1 is 0.952 bits per heavy atom. The maximum absolute atomic E-state index is 5.35. The van der Waals surface area contributed by atoms with Crippen LogP contribution in [0, 0.1) is 6.92 Å². The zero-order chi connectivity index (χ0) is 15.2. The summed E-state index contributed by atoms with van der Waals surface area (Å²) in [6, 6.07) is 14.9. The van der Waals surface area contributed by atoms with E-state index in [-0.39, 0.29) is 6.04 Å². The Morgan fingerprint density at radius 3 is 2.00 bits per heavy atom. The van der Waals surface area contributed by atoms with Crippen LogP contribution in [0.4, 0.5) is 0 Å². The van der Waals surface area contributed by atoms with E-state index < -0.39 is 0 Å². The lowest BCUT2D eigenvalue weighted by Gasteiger charge is -2.19. The van der Waals surface area contributed by atoms with Gasteiger partial charge in [0, 0.05) is 12.1 Å². The molecule has 0 saturated heterocycles. The average molecular weight is 285 g/mol. The number of likely N-dealkylation sites (N-methyl/N-ethyl adjacent to an activating group) is 1. The van der Waals surface area contributed by atoms with Crippen LogP contribution >= 0.6 is 0 Å². The van der Waals surface area contributed by atoms with Gasteiger partial charge in [-0.05, 0) is 43.7 Å². The minimum Gasteiger partial charge on any atom is -0.497 e. The SMILES string of the molecule is CNC(Cc1ccc(C)cc1)c1cc(OC)cc(OC)c1. The maximum atomic E-state index is 5.35. The number of nitrogens with one attached hydrogen (secondary N) is 1. The minimum atomic E-state index is 0.219. The molecule has 0 radical (unpaired) electrons. The standard InChI is InChI=1S/C18H23NO2/c1-13-5-7-14(8-6-13)9-18(19-2)15-10-16(20-3)12-17(11-15)21-4/h5-8,10-12,18-19H,9H2,1-4H3. The molecule has 0 amide bonds. The van der Waals surface area contributed by atoms with Gasteiger partial charge in [-0.1, -0.05) is 29.8 Å². The van der Waals surface area contributed by atoms with Gasteiger partial charge in [0.1, 0.15) is 11.5 Å². The van der Waals surface area contributed by atoms with Crippen LogP contribution < -0.4 is 14.8 Å². The Hall–Kier alpha value is -2.00. The molecule has 0 bridgehead atoms. The Morgan fingerprint density at radius 2 is 1.52 bits per heavy atom. The van der Waals surface area contributed by atoms with Crippen molar-refractivity contribution in [1.29, 1.82) is 0 Å². The predicted octanol–water partition coefficient (Wildman–Crippen LogP) is 3.52. The summed E-state index contributed by atoms with van der Waals surface area (Å²) in [5, 5.41) is 3.37. The van der Waals surface area contributed by atoms with Crippen molar-refractivity contribution < 1.29 is 9.47 Å². The van der Waals surface area contributed by atoms with E-state index in [0.29, 0.717) is 0 Å². The van der Waals surface area contributed by atoms with E-state index in [9.17, 15) is 0 Å². The average Bonchev–Trinajstić information content (AvgIpc) is 2.53. The molecule has 2 rings (SSSR count). The summed E-state index contributed by atoms with van der Waals surface area (Å²) < 4.78 is 10.7. The van der Waals surface area contributed by atoms with E-state index in [4.69, 9.17) is 9.47 Å². The van der Waals surface area contributed by atoms with Gasteiger partial charge in [-0.15, -0.1) is 0 Å². The van der Waals surface area contributed by atoms with Crippen molar-refractivity contribution in [2.75, 3.05) is 21.3 Å². The number of ether oxygens (including phenoxy) is 2. The smallest absolute Gasteiger partial charge is 0.122 e. The molecule has 0 aliphatic heterocycles. The minimum absolute atomic E-state index is 0.219. The first-order chi connectivity index (χ1) is 10.2. The van der Waals surface area contributed by atoms with E-state index in [0.717, 1.165) is 23.5 Å². The third-order valence-corrected chi connectivity index (χ3v) is 3.69. The van der Waals surface area contributed by atoms with Crippen LogP contribution in [-0.2, 0) is 6.42 Å². The quantitative estimate of drug-likeness (QED) is 0.881. The second-order valence-corrected chi connectivity index (χ2v) is 5.18. The second kappa shape index (κ2) is 7.14. The highest BCUT2D eigenvalue weighted by Crippen LogP contribution is 2.28. The molecule has 0 aliphatic carbocycles. The molecule has 1 atom stereocenters. The van der Waals surface area contributed by atoms with E-state index in [1.165, 1.54) is 11.1 Å². The van der Waals surface area contributed by atoms with Crippen molar-refractivity contribution in [2.24, 2.45) is 0 Å². The van der Waals surface area contributed by atoms with Crippen molar-refractivity contribution in [3.8, 4) is 11.5 Å². The molecular weight excluding hydrogens is 262 g/mol. The number of hydrogen-bond acceptors (Lipinski definition) is 3. The summed E-state index contributed by atoms with van der Waals surface area (Å²) in [7, 11) is 5.32. The first-order valence-corrected chi connectivity index (χ1v) is 7.12. The van der Waals surface area contributed by atoms with Crippen LogP contribution in [-0.4, -0.2) is 21.3 Å². The van der Waals surface area contributed by atoms with Crippen LogP contribution in [0.5, 0.6) is 11.5 Å². The Labute approximate surface area is 126 Å². The largest absolute Gasteiger partial charge is 0.497 e. The molecule has 2 aromatic carbocycles. The fourth-order valence-corrected chi connectivity index (χ4v) is 2.38. The van der Waals surface area contributed by atoms with E-state index in [2.05, 4.69) is 48.6 Å². The van der Waals surface area contributed by atoms with Crippen molar-refractivity contribution in [3.05, 3.63) is 59.2 Å². The summed E-state index contributed by atoms with van der Waals surface area (Å²) in [6.07, 6.45) is 0.924. The summed E-state index contributed by atoms with van der Waals surface area (Å²) in [4.78, 5) is 0. The molecule has 0 fully saturated rings. The maximum Gasteiger partial charge on any atom is 0.122 e. The Balaban J connectivity index is 2.25. The third kappa shape index (κ3) is 3.99. The van der Waals surface area contributed by atoms with Crippen LogP contribution in [0.3, 0.4) is 0 Å². The van der Waals surface area contributed by atoms with Gasteiger partial charge in [-0.2, -0.15) is 0 Å². The van der Waals surface area contributed by atoms with Crippen LogP contribution in [0.15, 0.2) is 42.5 Å². The van der Waals surface area contributed by atoms with Gasteiger partial charge >= 0.3 is 0 Å². The number of hydrogen-bond donors (Lipinski definition) is 1. The van der Waals surface area contributed by atoms with Crippen LogP contribution in [0.1, 0.15) is 22.7 Å². The lowest BCUT2D eigenvalue weighted by atomic mass is 9.98. The summed E-state index contributed by atoms with van der Waals surface area (Å²) in [6.45, 7) is 2.10. The predicted molar refractivity (Wildman–Crippen MR) is 86.2 cm³/mol. The number of aryl methyl sites for hydroxylation is 1. The molecule has 0 heterocycles.